The van der Waals surface area contributed by atoms with Gasteiger partial charge in [-0.25, -0.2) is 9.97 Å². The Morgan fingerprint density at radius 3 is 2.42 bits per heavy atom. The highest BCUT2D eigenvalue weighted by molar-refractivity contribution is 5.34. The summed E-state index contributed by atoms with van der Waals surface area (Å²) in [6.45, 7) is 4.00. The van der Waals surface area contributed by atoms with Crippen LogP contribution in [0.2, 0.25) is 0 Å². The molecule has 4 rings (SSSR count). The van der Waals surface area contributed by atoms with E-state index in [4.69, 9.17) is 0 Å². The molecule has 2 aromatic rings. The van der Waals surface area contributed by atoms with Crippen molar-refractivity contribution in [3.63, 3.8) is 0 Å². The monoisotopic (exact) mass is 350 g/mol. The van der Waals surface area contributed by atoms with Crippen LogP contribution in [0.3, 0.4) is 0 Å². The lowest BCUT2D eigenvalue weighted by atomic mass is 9.89. The van der Waals surface area contributed by atoms with Crippen molar-refractivity contribution in [2.45, 2.75) is 64.2 Å². The lowest BCUT2D eigenvalue weighted by Crippen LogP contribution is -2.18. The minimum Gasteiger partial charge on any atom is -0.298 e. The molecule has 1 aromatic carbocycles. The summed E-state index contributed by atoms with van der Waals surface area (Å²) in [7, 11) is 4.36. The number of fused-ring (bicyclic) bond motifs is 1. The van der Waals surface area contributed by atoms with Crippen molar-refractivity contribution in [2.75, 3.05) is 14.1 Å². The number of aromatic nitrogens is 2. The highest BCUT2D eigenvalue weighted by atomic mass is 15.1. The van der Waals surface area contributed by atoms with Crippen LogP contribution in [-0.2, 0) is 26.2 Å². The molecule has 0 saturated heterocycles. The van der Waals surface area contributed by atoms with Gasteiger partial charge in [-0.15, -0.1) is 0 Å². The SMILES string of the molecule is CN(Cc1cnc(C2CCCCC2)nc1)Cc1ccc2c(c1)CN(C)C2. The Balaban J connectivity index is 1.34. The largest absolute Gasteiger partial charge is 0.298 e. The van der Waals surface area contributed by atoms with Crippen molar-refractivity contribution in [2.24, 2.45) is 0 Å². The third-order valence-electron chi connectivity index (χ3n) is 5.75. The van der Waals surface area contributed by atoms with Crippen LogP contribution in [-0.4, -0.2) is 33.9 Å². The standard InChI is InChI=1S/C22H30N4/c1-25(13-17-8-9-20-15-26(2)16-21(20)10-17)14-18-11-23-22(24-12-18)19-6-4-3-5-7-19/h8-12,19H,3-7,13-16H2,1-2H3. The first-order valence-corrected chi connectivity index (χ1v) is 9.96. The Morgan fingerprint density at radius 2 is 1.65 bits per heavy atom. The normalized spacial score (nSPS) is 18.4. The Kier molecular flexibility index (Phi) is 5.32. The maximum Gasteiger partial charge on any atom is 0.131 e. The van der Waals surface area contributed by atoms with Gasteiger partial charge in [0.05, 0.1) is 0 Å². The van der Waals surface area contributed by atoms with Gasteiger partial charge < -0.3 is 0 Å². The molecule has 0 amide bonds. The summed E-state index contributed by atoms with van der Waals surface area (Å²) in [4.78, 5) is 14.1. The second-order valence-corrected chi connectivity index (χ2v) is 8.23. The van der Waals surface area contributed by atoms with Crippen molar-refractivity contribution >= 4 is 0 Å². The molecule has 0 atom stereocenters. The van der Waals surface area contributed by atoms with E-state index in [-0.39, 0.29) is 0 Å². The highest BCUT2D eigenvalue weighted by Gasteiger charge is 2.18. The van der Waals surface area contributed by atoms with Gasteiger partial charge in [-0.1, -0.05) is 37.5 Å². The molecule has 0 unspecified atom stereocenters. The summed E-state index contributed by atoms with van der Waals surface area (Å²) in [5.41, 5.74) is 5.55. The van der Waals surface area contributed by atoms with Crippen LogP contribution in [0.5, 0.6) is 0 Å². The summed E-state index contributed by atoms with van der Waals surface area (Å²) in [6.07, 6.45) is 10.6. The minimum atomic E-state index is 0.583. The fourth-order valence-electron chi connectivity index (χ4n) is 4.41. The van der Waals surface area contributed by atoms with Gasteiger partial charge in [-0.3, -0.25) is 9.80 Å². The molecule has 1 saturated carbocycles. The topological polar surface area (TPSA) is 32.3 Å². The van der Waals surface area contributed by atoms with E-state index in [9.17, 15) is 0 Å². The average molecular weight is 351 g/mol. The fraction of sp³-hybridized carbons (Fsp3) is 0.545. The predicted molar refractivity (Wildman–Crippen MR) is 105 cm³/mol. The molecular weight excluding hydrogens is 320 g/mol. The van der Waals surface area contributed by atoms with Crippen molar-refractivity contribution in [3.05, 3.63) is 58.7 Å². The first-order valence-electron chi connectivity index (χ1n) is 9.96. The van der Waals surface area contributed by atoms with Crippen LogP contribution in [0.1, 0.15) is 66.1 Å². The van der Waals surface area contributed by atoms with Crippen molar-refractivity contribution in [1.82, 2.24) is 19.8 Å². The Labute approximate surface area is 157 Å². The van der Waals surface area contributed by atoms with Gasteiger partial charge >= 0.3 is 0 Å². The van der Waals surface area contributed by atoms with Gasteiger partial charge in [-0.2, -0.15) is 0 Å². The molecule has 0 radical (unpaired) electrons. The lowest BCUT2D eigenvalue weighted by Gasteiger charge is -2.21. The van der Waals surface area contributed by atoms with Crippen LogP contribution >= 0.6 is 0 Å². The fourth-order valence-corrected chi connectivity index (χ4v) is 4.41. The van der Waals surface area contributed by atoms with Crippen molar-refractivity contribution in [3.8, 4) is 0 Å². The number of hydrogen-bond donors (Lipinski definition) is 0. The second-order valence-electron chi connectivity index (χ2n) is 8.23. The van der Waals surface area contributed by atoms with E-state index in [2.05, 4.69) is 52.1 Å². The molecule has 4 heteroatoms. The molecule has 1 aromatic heterocycles. The molecule has 1 fully saturated rings. The second kappa shape index (κ2) is 7.85. The molecule has 0 bridgehead atoms. The number of nitrogens with zero attached hydrogens (tertiary/aromatic N) is 4. The molecular formula is C22H30N4. The van der Waals surface area contributed by atoms with Crippen LogP contribution in [0.4, 0.5) is 0 Å². The minimum absolute atomic E-state index is 0.583. The molecule has 2 heterocycles. The summed E-state index contributed by atoms with van der Waals surface area (Å²) in [5.74, 6) is 1.64. The van der Waals surface area contributed by atoms with Crippen LogP contribution in [0, 0.1) is 0 Å². The highest BCUT2D eigenvalue weighted by Crippen LogP contribution is 2.30. The van der Waals surface area contributed by atoms with Gasteiger partial charge in [0.25, 0.3) is 0 Å². The third-order valence-corrected chi connectivity index (χ3v) is 5.75. The van der Waals surface area contributed by atoms with E-state index in [1.165, 1.54) is 54.4 Å². The van der Waals surface area contributed by atoms with E-state index < -0.39 is 0 Å². The third kappa shape index (κ3) is 4.13. The van der Waals surface area contributed by atoms with Crippen molar-refractivity contribution < 1.29 is 0 Å². The first-order chi connectivity index (χ1) is 12.7. The van der Waals surface area contributed by atoms with E-state index in [0.717, 1.165) is 32.0 Å². The number of rotatable bonds is 5. The number of benzene rings is 1. The molecule has 0 spiro atoms. The molecule has 1 aliphatic carbocycles. The summed E-state index contributed by atoms with van der Waals surface area (Å²) < 4.78 is 0. The Hall–Kier alpha value is -1.78. The van der Waals surface area contributed by atoms with E-state index >= 15 is 0 Å². The summed E-state index contributed by atoms with van der Waals surface area (Å²) in [5, 5.41) is 0. The van der Waals surface area contributed by atoms with Crippen LogP contribution in [0.15, 0.2) is 30.6 Å². The van der Waals surface area contributed by atoms with Gasteiger partial charge in [0, 0.05) is 50.1 Å². The molecule has 26 heavy (non-hydrogen) atoms. The molecule has 2 aliphatic rings. The first kappa shape index (κ1) is 17.6. The van der Waals surface area contributed by atoms with Gasteiger partial charge in [0.2, 0.25) is 0 Å². The molecule has 4 nitrogen and oxygen atoms in total. The Bertz CT molecular complexity index is 734. The maximum atomic E-state index is 4.67. The number of hydrogen-bond acceptors (Lipinski definition) is 4. The van der Waals surface area contributed by atoms with Crippen LogP contribution in [0.25, 0.3) is 0 Å². The summed E-state index contributed by atoms with van der Waals surface area (Å²) in [6, 6.07) is 6.94. The summed E-state index contributed by atoms with van der Waals surface area (Å²) >= 11 is 0. The Morgan fingerprint density at radius 1 is 0.962 bits per heavy atom. The van der Waals surface area contributed by atoms with E-state index in [0.29, 0.717) is 5.92 Å². The maximum absolute atomic E-state index is 4.67. The average Bonchev–Trinajstić information content (AvgIpc) is 3.02. The molecule has 0 N–H and O–H groups in total. The van der Waals surface area contributed by atoms with Gasteiger partial charge in [0.1, 0.15) is 5.82 Å². The zero-order chi connectivity index (χ0) is 17.9. The predicted octanol–water partition coefficient (Wildman–Crippen LogP) is 4.10. The van der Waals surface area contributed by atoms with E-state index in [1.54, 1.807) is 0 Å². The quantitative estimate of drug-likeness (QED) is 0.812. The zero-order valence-corrected chi connectivity index (χ0v) is 16.1. The van der Waals surface area contributed by atoms with Crippen LogP contribution < -0.4 is 0 Å². The smallest absolute Gasteiger partial charge is 0.131 e. The lowest BCUT2D eigenvalue weighted by molar-refractivity contribution is 0.317. The molecule has 1 aliphatic heterocycles. The van der Waals surface area contributed by atoms with Crippen molar-refractivity contribution in [1.29, 1.82) is 0 Å². The van der Waals surface area contributed by atoms with Gasteiger partial charge in [0.15, 0.2) is 0 Å². The zero-order valence-electron chi connectivity index (χ0n) is 16.1. The van der Waals surface area contributed by atoms with E-state index in [1.807, 2.05) is 12.4 Å². The van der Waals surface area contributed by atoms with Gasteiger partial charge in [-0.05, 0) is 43.6 Å². The molecule has 138 valence electrons.